The van der Waals surface area contributed by atoms with E-state index < -0.39 is 9.84 Å². The fourth-order valence-corrected chi connectivity index (χ4v) is 4.19. The lowest BCUT2D eigenvalue weighted by atomic mass is 10.0. The lowest BCUT2D eigenvalue weighted by Gasteiger charge is -2.21. The predicted molar refractivity (Wildman–Crippen MR) is 74.3 cm³/mol. The Bertz CT molecular complexity index is 525. The van der Waals surface area contributed by atoms with E-state index in [9.17, 15) is 13.2 Å². The number of amides is 1. The Morgan fingerprint density at radius 1 is 1.26 bits per heavy atom. The van der Waals surface area contributed by atoms with Gasteiger partial charge >= 0.3 is 0 Å². The largest absolute Gasteiger partial charge is 0.352 e. The molecule has 0 bridgehead atoms. The molecule has 1 saturated heterocycles. The fraction of sp³-hybridized carbons (Fsp3) is 0.500. The smallest absolute Gasteiger partial charge is 0.220 e. The Kier molecular flexibility index (Phi) is 4.58. The quantitative estimate of drug-likeness (QED) is 0.910. The highest BCUT2D eigenvalue weighted by Gasteiger charge is 2.26. The van der Waals surface area contributed by atoms with Crippen LogP contribution in [0.5, 0.6) is 0 Å². The number of benzene rings is 1. The first-order chi connectivity index (χ1) is 9.05. The van der Waals surface area contributed by atoms with E-state index in [1.165, 1.54) is 0 Å². The van der Waals surface area contributed by atoms with Gasteiger partial charge < -0.3 is 5.32 Å². The van der Waals surface area contributed by atoms with E-state index in [0.29, 0.717) is 19.4 Å². The van der Waals surface area contributed by atoms with Crippen molar-refractivity contribution in [3.63, 3.8) is 0 Å². The minimum Gasteiger partial charge on any atom is -0.352 e. The molecule has 1 heterocycles. The van der Waals surface area contributed by atoms with Crippen LogP contribution in [0.25, 0.3) is 0 Å². The van der Waals surface area contributed by atoms with Crippen LogP contribution in [0.15, 0.2) is 30.3 Å². The number of hydrogen-bond donors (Lipinski definition) is 1. The molecular formula is C14H19NO3S. The molecule has 1 atom stereocenters. The van der Waals surface area contributed by atoms with Crippen LogP contribution in [-0.4, -0.2) is 25.8 Å². The van der Waals surface area contributed by atoms with Crippen molar-refractivity contribution in [2.24, 2.45) is 5.92 Å². The third-order valence-electron chi connectivity index (χ3n) is 3.36. The highest BCUT2D eigenvalue weighted by Crippen LogP contribution is 2.21. The molecule has 0 spiro atoms. The molecule has 0 aromatic heterocycles. The first-order valence-corrected chi connectivity index (χ1v) is 8.38. The van der Waals surface area contributed by atoms with Crippen LogP contribution in [-0.2, 0) is 21.2 Å². The molecule has 0 aliphatic carbocycles. The van der Waals surface area contributed by atoms with Gasteiger partial charge in [0.1, 0.15) is 0 Å². The molecule has 0 saturated carbocycles. The molecule has 1 amide bonds. The molecule has 1 N–H and O–H groups in total. The molecule has 1 unspecified atom stereocenters. The third-order valence-corrected chi connectivity index (χ3v) is 5.25. The van der Waals surface area contributed by atoms with Crippen LogP contribution in [0.4, 0.5) is 0 Å². The first-order valence-electron chi connectivity index (χ1n) is 6.56. The SMILES string of the molecule is O=C(CC1CCCS(=O)(=O)C1)NCc1ccccc1. The molecule has 1 aromatic carbocycles. The van der Waals surface area contributed by atoms with Gasteiger partial charge in [0, 0.05) is 13.0 Å². The Morgan fingerprint density at radius 3 is 2.68 bits per heavy atom. The number of hydrogen-bond acceptors (Lipinski definition) is 3. The minimum absolute atomic E-state index is 0.0190. The summed E-state index contributed by atoms with van der Waals surface area (Å²) >= 11 is 0. The van der Waals surface area contributed by atoms with Gasteiger partial charge in [-0.1, -0.05) is 30.3 Å². The van der Waals surface area contributed by atoms with Crippen LogP contribution in [0.3, 0.4) is 0 Å². The van der Waals surface area contributed by atoms with Crippen LogP contribution in [0.2, 0.25) is 0 Å². The summed E-state index contributed by atoms with van der Waals surface area (Å²) in [5.41, 5.74) is 1.05. The topological polar surface area (TPSA) is 63.2 Å². The van der Waals surface area contributed by atoms with Gasteiger partial charge in [0.25, 0.3) is 0 Å². The predicted octanol–water partition coefficient (Wildman–Crippen LogP) is 1.52. The third kappa shape index (κ3) is 4.67. The summed E-state index contributed by atoms with van der Waals surface area (Å²) < 4.78 is 23.0. The van der Waals surface area contributed by atoms with E-state index in [-0.39, 0.29) is 23.3 Å². The zero-order valence-corrected chi connectivity index (χ0v) is 11.7. The van der Waals surface area contributed by atoms with E-state index in [0.717, 1.165) is 12.0 Å². The average Bonchev–Trinajstić information content (AvgIpc) is 2.36. The Hall–Kier alpha value is -1.36. The van der Waals surface area contributed by atoms with Gasteiger partial charge in [-0.15, -0.1) is 0 Å². The highest BCUT2D eigenvalue weighted by molar-refractivity contribution is 7.91. The maximum absolute atomic E-state index is 11.8. The standard InChI is InChI=1S/C14H19NO3S/c16-14(15-10-12-5-2-1-3-6-12)9-13-7-4-8-19(17,18)11-13/h1-3,5-6,13H,4,7-11H2,(H,15,16). The van der Waals surface area contributed by atoms with Crippen LogP contribution >= 0.6 is 0 Å². The highest BCUT2D eigenvalue weighted by atomic mass is 32.2. The molecule has 1 aliphatic rings. The average molecular weight is 281 g/mol. The molecule has 1 aromatic rings. The summed E-state index contributed by atoms with van der Waals surface area (Å²) in [5, 5.41) is 2.84. The van der Waals surface area contributed by atoms with Gasteiger partial charge in [-0.05, 0) is 24.3 Å². The van der Waals surface area contributed by atoms with Crippen LogP contribution in [0, 0.1) is 5.92 Å². The van der Waals surface area contributed by atoms with Crippen molar-refractivity contribution in [1.29, 1.82) is 0 Å². The molecule has 0 radical (unpaired) electrons. The molecule has 1 fully saturated rings. The summed E-state index contributed by atoms with van der Waals surface area (Å²) in [6.45, 7) is 0.499. The number of carbonyl (C=O) groups is 1. The van der Waals surface area contributed by atoms with Gasteiger partial charge in [0.05, 0.1) is 11.5 Å². The van der Waals surface area contributed by atoms with Crippen molar-refractivity contribution >= 4 is 15.7 Å². The second-order valence-electron chi connectivity index (χ2n) is 5.09. The summed E-state index contributed by atoms with van der Waals surface area (Å²) in [6.07, 6.45) is 1.82. The molecule has 19 heavy (non-hydrogen) atoms. The van der Waals surface area contributed by atoms with Crippen molar-refractivity contribution < 1.29 is 13.2 Å². The van der Waals surface area contributed by atoms with E-state index in [1.54, 1.807) is 0 Å². The van der Waals surface area contributed by atoms with Gasteiger partial charge in [0.15, 0.2) is 9.84 Å². The monoisotopic (exact) mass is 281 g/mol. The number of sulfone groups is 1. The van der Waals surface area contributed by atoms with E-state index >= 15 is 0 Å². The zero-order valence-electron chi connectivity index (χ0n) is 10.8. The van der Waals surface area contributed by atoms with E-state index in [1.807, 2.05) is 30.3 Å². The van der Waals surface area contributed by atoms with Crippen LogP contribution in [0.1, 0.15) is 24.8 Å². The zero-order chi connectivity index (χ0) is 13.7. The maximum atomic E-state index is 11.8. The summed E-state index contributed by atoms with van der Waals surface area (Å²) in [6, 6.07) is 9.68. The van der Waals surface area contributed by atoms with E-state index in [2.05, 4.69) is 5.32 Å². The van der Waals surface area contributed by atoms with Crippen molar-refractivity contribution in [2.45, 2.75) is 25.8 Å². The summed E-state index contributed by atoms with van der Waals surface area (Å²) in [5.74, 6) is 0.349. The second-order valence-corrected chi connectivity index (χ2v) is 7.32. The first kappa shape index (κ1) is 14.1. The maximum Gasteiger partial charge on any atom is 0.220 e. The number of nitrogens with one attached hydrogen (secondary N) is 1. The fourth-order valence-electron chi connectivity index (χ4n) is 2.41. The van der Waals surface area contributed by atoms with Gasteiger partial charge in [0.2, 0.25) is 5.91 Å². The van der Waals surface area contributed by atoms with E-state index in [4.69, 9.17) is 0 Å². The normalized spacial score (nSPS) is 21.8. The molecule has 104 valence electrons. The van der Waals surface area contributed by atoms with Gasteiger partial charge in [-0.25, -0.2) is 8.42 Å². The van der Waals surface area contributed by atoms with Crippen molar-refractivity contribution in [3.8, 4) is 0 Å². The summed E-state index contributed by atoms with van der Waals surface area (Å²) in [7, 11) is -2.92. The number of rotatable bonds is 4. The molecule has 1 aliphatic heterocycles. The Labute approximate surface area is 114 Å². The van der Waals surface area contributed by atoms with Crippen LogP contribution < -0.4 is 5.32 Å². The van der Waals surface area contributed by atoms with Crippen molar-refractivity contribution in [2.75, 3.05) is 11.5 Å². The molecule has 2 rings (SSSR count). The lowest BCUT2D eigenvalue weighted by Crippen LogP contribution is -2.31. The lowest BCUT2D eigenvalue weighted by molar-refractivity contribution is -0.122. The number of carbonyl (C=O) groups excluding carboxylic acids is 1. The second kappa shape index (κ2) is 6.19. The molecular weight excluding hydrogens is 262 g/mol. The molecule has 4 nitrogen and oxygen atoms in total. The summed E-state index contributed by atoms with van der Waals surface area (Å²) in [4.78, 5) is 11.8. The van der Waals surface area contributed by atoms with Gasteiger partial charge in [-0.3, -0.25) is 4.79 Å². The Morgan fingerprint density at radius 2 is 2.00 bits per heavy atom. The van der Waals surface area contributed by atoms with Crippen molar-refractivity contribution in [1.82, 2.24) is 5.32 Å². The van der Waals surface area contributed by atoms with Crippen molar-refractivity contribution in [3.05, 3.63) is 35.9 Å². The Balaban J connectivity index is 1.78. The molecule has 5 heteroatoms. The van der Waals surface area contributed by atoms with Gasteiger partial charge in [-0.2, -0.15) is 0 Å². The minimum atomic E-state index is -2.92.